The van der Waals surface area contributed by atoms with Crippen LogP contribution in [0.25, 0.3) is 10.9 Å². The Balaban J connectivity index is 1.35. The van der Waals surface area contributed by atoms with E-state index in [-0.39, 0.29) is 36.7 Å². The molecule has 8 heteroatoms. The van der Waals surface area contributed by atoms with Gasteiger partial charge in [-0.25, -0.2) is 0 Å². The van der Waals surface area contributed by atoms with Gasteiger partial charge < -0.3 is 20.9 Å². The smallest absolute Gasteiger partial charge is 0.226 e. The molecule has 0 spiro atoms. The van der Waals surface area contributed by atoms with Crippen molar-refractivity contribution in [1.82, 2.24) is 15.6 Å². The number of H-pyrrole nitrogens is 1. The van der Waals surface area contributed by atoms with Gasteiger partial charge in [0.2, 0.25) is 11.8 Å². The summed E-state index contributed by atoms with van der Waals surface area (Å²) in [7, 11) is 0. The molecule has 2 heterocycles. The number of guanidine groups is 1. The number of piperidine rings is 1. The standard InChI is InChI=1S/C32H36N6O2/c33-32(34)37-29(39)16-14-24-21-35-27-15-13-22(19-26(24)27)20-30(40)36-31(23-9-3-1-4-10-23)25-11-5-6-12-28(25)38-17-7-2-8-18-38/h1,3-6,9-13,15,19,21,31,35H,2,7-8,14,16-18,20H2,(H,36,40)(H4,33,34,37,39). The van der Waals surface area contributed by atoms with Gasteiger partial charge in [-0.1, -0.05) is 54.6 Å². The van der Waals surface area contributed by atoms with Gasteiger partial charge in [-0.15, -0.1) is 0 Å². The molecule has 1 saturated heterocycles. The van der Waals surface area contributed by atoms with Crippen molar-refractivity contribution >= 4 is 34.4 Å². The van der Waals surface area contributed by atoms with Crippen molar-refractivity contribution in [3.63, 3.8) is 0 Å². The summed E-state index contributed by atoms with van der Waals surface area (Å²) in [5, 5.41) is 13.9. The summed E-state index contributed by atoms with van der Waals surface area (Å²) < 4.78 is 0. The van der Waals surface area contributed by atoms with Crippen molar-refractivity contribution in [1.29, 1.82) is 5.41 Å². The number of hydrogen-bond acceptors (Lipinski definition) is 4. The number of aryl methyl sites for hydroxylation is 1. The number of para-hydroxylation sites is 1. The van der Waals surface area contributed by atoms with Crippen LogP contribution >= 0.6 is 0 Å². The molecular weight excluding hydrogens is 500 g/mol. The summed E-state index contributed by atoms with van der Waals surface area (Å²) in [6.45, 7) is 2.06. The van der Waals surface area contributed by atoms with Gasteiger partial charge in [0, 0.05) is 47.9 Å². The number of nitrogens with zero attached hydrogens (tertiary/aromatic N) is 1. The number of carbonyl (C=O) groups is 2. The first-order chi connectivity index (χ1) is 19.5. The number of nitrogens with two attached hydrogens (primary N) is 1. The number of nitrogens with one attached hydrogen (secondary N) is 4. The third-order valence-corrected chi connectivity index (χ3v) is 7.47. The second-order valence-corrected chi connectivity index (χ2v) is 10.4. The van der Waals surface area contributed by atoms with Crippen LogP contribution in [0.15, 0.2) is 79.0 Å². The van der Waals surface area contributed by atoms with E-state index in [4.69, 9.17) is 11.1 Å². The van der Waals surface area contributed by atoms with Gasteiger partial charge in [-0.3, -0.25) is 20.3 Å². The van der Waals surface area contributed by atoms with Crippen LogP contribution in [0.5, 0.6) is 0 Å². The van der Waals surface area contributed by atoms with Crippen LogP contribution in [0.1, 0.15) is 54.0 Å². The van der Waals surface area contributed by atoms with Crippen LogP contribution in [0.4, 0.5) is 5.69 Å². The molecule has 1 unspecified atom stereocenters. The van der Waals surface area contributed by atoms with Gasteiger partial charge in [-0.2, -0.15) is 0 Å². The minimum Gasteiger partial charge on any atom is -0.371 e. The highest BCUT2D eigenvalue weighted by Gasteiger charge is 2.23. The fourth-order valence-corrected chi connectivity index (χ4v) is 5.54. The van der Waals surface area contributed by atoms with Crippen LogP contribution in [-0.4, -0.2) is 35.8 Å². The maximum atomic E-state index is 13.5. The van der Waals surface area contributed by atoms with Gasteiger partial charge in [-0.05, 0) is 60.6 Å². The van der Waals surface area contributed by atoms with Gasteiger partial charge in [0.25, 0.3) is 0 Å². The maximum Gasteiger partial charge on any atom is 0.226 e. The summed E-state index contributed by atoms with van der Waals surface area (Å²) in [6, 6.07) is 24.2. The van der Waals surface area contributed by atoms with E-state index >= 15 is 0 Å². The second kappa shape index (κ2) is 12.5. The predicted octanol–water partition coefficient (Wildman–Crippen LogP) is 4.55. The molecule has 0 bridgehead atoms. The maximum absolute atomic E-state index is 13.5. The molecule has 1 atom stereocenters. The number of aromatic amines is 1. The van der Waals surface area contributed by atoms with E-state index in [1.165, 1.54) is 24.9 Å². The molecule has 0 saturated carbocycles. The topological polar surface area (TPSA) is 127 Å². The van der Waals surface area contributed by atoms with Crippen LogP contribution in [0.3, 0.4) is 0 Å². The first kappa shape index (κ1) is 27.0. The Morgan fingerprint density at radius 1 is 0.950 bits per heavy atom. The fraction of sp³-hybridized carbons (Fsp3) is 0.281. The highest BCUT2D eigenvalue weighted by atomic mass is 16.2. The zero-order chi connectivity index (χ0) is 27.9. The Labute approximate surface area is 234 Å². The quantitative estimate of drug-likeness (QED) is 0.159. The lowest BCUT2D eigenvalue weighted by molar-refractivity contribution is -0.121. The van der Waals surface area contributed by atoms with Crippen molar-refractivity contribution < 1.29 is 9.59 Å². The molecule has 0 aliphatic carbocycles. The number of fused-ring (bicyclic) bond motifs is 1. The third-order valence-electron chi connectivity index (χ3n) is 7.47. The van der Waals surface area contributed by atoms with Crippen LogP contribution in [0, 0.1) is 5.41 Å². The lowest BCUT2D eigenvalue weighted by Crippen LogP contribution is -2.35. The minimum atomic E-state index is -0.357. The number of aromatic nitrogens is 1. The minimum absolute atomic E-state index is 0.0560. The average Bonchev–Trinajstić information content (AvgIpc) is 3.37. The molecule has 2 amide bonds. The van der Waals surface area contributed by atoms with Gasteiger partial charge in [0.15, 0.2) is 5.96 Å². The van der Waals surface area contributed by atoms with E-state index in [9.17, 15) is 9.59 Å². The van der Waals surface area contributed by atoms with Gasteiger partial charge in [0.05, 0.1) is 12.5 Å². The lowest BCUT2D eigenvalue weighted by Gasteiger charge is -2.33. The normalized spacial score (nSPS) is 14.1. The Morgan fingerprint density at radius 3 is 2.48 bits per heavy atom. The van der Waals surface area contributed by atoms with Crippen LogP contribution < -0.4 is 21.3 Å². The Kier molecular flexibility index (Phi) is 8.44. The van der Waals surface area contributed by atoms with Crippen LogP contribution in [0.2, 0.25) is 0 Å². The van der Waals surface area contributed by atoms with Crippen molar-refractivity contribution in [3.05, 3.63) is 101 Å². The second-order valence-electron chi connectivity index (χ2n) is 10.4. The fourth-order valence-electron chi connectivity index (χ4n) is 5.54. The van der Waals surface area contributed by atoms with E-state index in [1.54, 1.807) is 0 Å². The number of carbonyl (C=O) groups excluding carboxylic acids is 2. The number of amides is 2. The highest BCUT2D eigenvalue weighted by molar-refractivity contribution is 5.95. The van der Waals surface area contributed by atoms with Gasteiger partial charge >= 0.3 is 0 Å². The van der Waals surface area contributed by atoms with Crippen molar-refractivity contribution in [3.8, 4) is 0 Å². The monoisotopic (exact) mass is 536 g/mol. The average molecular weight is 537 g/mol. The molecule has 1 fully saturated rings. The molecule has 0 radical (unpaired) electrons. The lowest BCUT2D eigenvalue weighted by atomic mass is 9.95. The van der Waals surface area contributed by atoms with Crippen LogP contribution in [-0.2, 0) is 22.4 Å². The molecule has 5 rings (SSSR count). The van der Waals surface area contributed by atoms with Gasteiger partial charge in [0.1, 0.15) is 0 Å². The largest absolute Gasteiger partial charge is 0.371 e. The van der Waals surface area contributed by atoms with Crippen molar-refractivity contribution in [2.75, 3.05) is 18.0 Å². The molecule has 8 nitrogen and oxygen atoms in total. The first-order valence-electron chi connectivity index (χ1n) is 13.9. The Hall–Kier alpha value is -4.59. The van der Waals surface area contributed by atoms with E-state index in [0.29, 0.717) is 6.42 Å². The molecule has 206 valence electrons. The molecule has 1 aromatic heterocycles. The zero-order valence-corrected chi connectivity index (χ0v) is 22.6. The Morgan fingerprint density at radius 2 is 1.70 bits per heavy atom. The van der Waals surface area contributed by atoms with Crippen molar-refractivity contribution in [2.45, 2.75) is 44.6 Å². The zero-order valence-electron chi connectivity index (χ0n) is 22.6. The molecule has 40 heavy (non-hydrogen) atoms. The summed E-state index contributed by atoms with van der Waals surface area (Å²) in [6.07, 6.45) is 6.46. The first-order valence-corrected chi connectivity index (χ1v) is 13.9. The van der Waals surface area contributed by atoms with E-state index in [2.05, 4.69) is 50.8 Å². The number of rotatable bonds is 9. The summed E-state index contributed by atoms with van der Waals surface area (Å²) in [5.41, 5.74) is 11.4. The highest BCUT2D eigenvalue weighted by Crippen LogP contribution is 2.32. The summed E-state index contributed by atoms with van der Waals surface area (Å²) >= 11 is 0. The molecule has 1 aliphatic rings. The molecule has 4 aromatic rings. The SMILES string of the molecule is N=C(N)NC(=O)CCc1c[nH]c2ccc(CC(=O)NC(c3ccccc3)c3ccccc3N3CCCCC3)cc12. The number of anilines is 1. The van der Waals surface area contributed by atoms with E-state index in [1.807, 2.05) is 48.7 Å². The van der Waals surface area contributed by atoms with Crippen molar-refractivity contribution in [2.24, 2.45) is 5.73 Å². The summed E-state index contributed by atoms with van der Waals surface area (Å²) in [5.74, 6) is -0.710. The predicted molar refractivity (Wildman–Crippen MR) is 159 cm³/mol. The number of hydrogen-bond donors (Lipinski definition) is 5. The molecule has 1 aliphatic heterocycles. The molecular formula is C32H36N6O2. The number of benzene rings is 3. The summed E-state index contributed by atoms with van der Waals surface area (Å²) in [4.78, 5) is 31.2. The van der Waals surface area contributed by atoms with E-state index in [0.717, 1.165) is 46.2 Å². The Bertz CT molecular complexity index is 1490. The molecule has 3 aromatic carbocycles. The third kappa shape index (κ3) is 6.51. The van der Waals surface area contributed by atoms with E-state index < -0.39 is 0 Å². The molecule has 6 N–H and O–H groups in total.